The average Bonchev–Trinajstić information content (AvgIpc) is 2.44. The van der Waals surface area contributed by atoms with E-state index in [2.05, 4.69) is 13.2 Å². The number of aliphatic hydroxyl groups excluding tert-OH is 1. The normalized spacial score (nSPS) is 12.0. The van der Waals surface area contributed by atoms with E-state index >= 15 is 0 Å². The summed E-state index contributed by atoms with van der Waals surface area (Å²) in [6.07, 6.45) is 9.00. The van der Waals surface area contributed by atoms with Crippen LogP contribution in [0.25, 0.3) is 0 Å². The van der Waals surface area contributed by atoms with Crippen LogP contribution in [0.15, 0.2) is 24.3 Å². The summed E-state index contributed by atoms with van der Waals surface area (Å²) in [4.78, 5) is 19.2. The maximum absolute atomic E-state index is 9.60. The summed E-state index contributed by atoms with van der Waals surface area (Å²) < 4.78 is 0. The van der Waals surface area contributed by atoms with E-state index in [1.165, 1.54) is 52.4 Å². The van der Waals surface area contributed by atoms with E-state index in [0.717, 1.165) is 7.11 Å². The molecule has 5 heteroatoms. The minimum atomic E-state index is -0.935. The Balaban J connectivity index is -0.000000204. The Bertz CT molecular complexity index is 231. The molecule has 0 amide bonds. The molecule has 20 heavy (non-hydrogen) atoms. The van der Waals surface area contributed by atoms with Gasteiger partial charge in [-0.2, -0.15) is 0 Å². The molecule has 0 radical (unpaired) electrons. The van der Waals surface area contributed by atoms with E-state index in [9.17, 15) is 9.59 Å². The van der Waals surface area contributed by atoms with Gasteiger partial charge in [-0.25, -0.2) is 9.59 Å². The van der Waals surface area contributed by atoms with Gasteiger partial charge in [-0.15, -0.1) is 0 Å². The van der Waals surface area contributed by atoms with Crippen molar-refractivity contribution >= 4 is 11.9 Å². The van der Waals surface area contributed by atoms with Crippen LogP contribution in [0.2, 0.25) is 0 Å². The maximum Gasteiger partial charge on any atom is 0.330 e. The van der Waals surface area contributed by atoms with Gasteiger partial charge < -0.3 is 15.3 Å². The van der Waals surface area contributed by atoms with E-state index in [1.807, 2.05) is 0 Å². The van der Waals surface area contributed by atoms with Gasteiger partial charge in [0.1, 0.15) is 0 Å². The molecule has 0 aromatic rings. The summed E-state index contributed by atoms with van der Waals surface area (Å²) in [6, 6.07) is 0. The molecule has 0 saturated heterocycles. The molecule has 0 aromatic heterocycles. The lowest BCUT2D eigenvalue weighted by Gasteiger charge is -2.05. The van der Waals surface area contributed by atoms with Crippen LogP contribution in [0.1, 0.15) is 52.4 Å². The van der Waals surface area contributed by atoms with E-state index in [1.54, 1.807) is 0 Å². The molecule has 0 aromatic carbocycles. The van der Waals surface area contributed by atoms with E-state index < -0.39 is 11.9 Å². The highest BCUT2D eigenvalue weighted by molar-refractivity contribution is 5.85. The van der Waals surface area contributed by atoms with E-state index in [-0.39, 0.29) is 11.1 Å². The molecule has 0 aliphatic heterocycles. The highest BCUT2D eigenvalue weighted by Crippen LogP contribution is 2.15. The van der Waals surface area contributed by atoms with Gasteiger partial charge in [0.25, 0.3) is 0 Å². The fourth-order valence-corrected chi connectivity index (χ4v) is 1.06. The molecule has 0 spiro atoms. The summed E-state index contributed by atoms with van der Waals surface area (Å²) in [7, 11) is 1.00. The Morgan fingerprint density at radius 2 is 0.800 bits per heavy atom. The van der Waals surface area contributed by atoms with Crippen LogP contribution in [0.4, 0.5) is 0 Å². The summed E-state index contributed by atoms with van der Waals surface area (Å²) >= 11 is 0. The van der Waals surface area contributed by atoms with Crippen molar-refractivity contribution in [3.8, 4) is 0 Å². The number of carboxylic acid groups (broad SMARTS) is 2. The van der Waals surface area contributed by atoms with Crippen molar-refractivity contribution in [1.82, 2.24) is 0 Å². The third-order valence-corrected chi connectivity index (χ3v) is 2.23. The second kappa shape index (κ2) is 17.4. The minimum absolute atomic E-state index is 0.176. The number of carbonyl (C=O) groups is 2. The van der Waals surface area contributed by atoms with Gasteiger partial charge in [0, 0.05) is 18.3 Å². The van der Waals surface area contributed by atoms with Crippen molar-refractivity contribution in [3.63, 3.8) is 0 Å². The molecular weight excluding hydrogens is 260 g/mol. The Morgan fingerprint density at radius 1 is 0.700 bits per heavy atom. The predicted octanol–water partition coefficient (Wildman–Crippen LogP) is 3.24. The van der Waals surface area contributed by atoms with Gasteiger partial charge in [0.05, 0.1) is 0 Å². The summed E-state index contributed by atoms with van der Waals surface area (Å²) in [6.45, 7) is 9.20. The van der Waals surface area contributed by atoms with Crippen molar-refractivity contribution in [2.45, 2.75) is 52.4 Å². The zero-order valence-electron chi connectivity index (χ0n) is 12.8. The van der Waals surface area contributed by atoms with Gasteiger partial charge in [0.2, 0.25) is 0 Å². The van der Waals surface area contributed by atoms with Gasteiger partial charge in [0.15, 0.2) is 0 Å². The first-order valence-corrected chi connectivity index (χ1v) is 6.51. The molecule has 1 rings (SSSR count). The van der Waals surface area contributed by atoms with Crippen molar-refractivity contribution in [2.24, 2.45) is 0 Å². The Hall–Kier alpha value is -1.62. The lowest BCUT2D eigenvalue weighted by molar-refractivity contribution is -0.133. The molecule has 1 aliphatic rings. The van der Waals surface area contributed by atoms with Crippen molar-refractivity contribution in [1.29, 1.82) is 0 Å². The Kier molecular flexibility index (Phi) is 20.4. The van der Waals surface area contributed by atoms with Crippen LogP contribution < -0.4 is 0 Å². The monoisotopic (exact) mass is 288 g/mol. The highest BCUT2D eigenvalue weighted by Gasteiger charge is 1.95. The van der Waals surface area contributed by atoms with Gasteiger partial charge in [-0.3, -0.25) is 0 Å². The summed E-state index contributed by atoms with van der Waals surface area (Å²) in [5, 5.41) is 22.8. The molecule has 1 fully saturated rings. The first-order chi connectivity index (χ1) is 9.29. The molecule has 5 nitrogen and oxygen atoms in total. The number of aliphatic carboxylic acids is 2. The number of carboxylic acids is 2. The molecule has 1 aliphatic carbocycles. The molecule has 118 valence electrons. The zero-order valence-corrected chi connectivity index (χ0v) is 12.8. The fourth-order valence-electron chi connectivity index (χ4n) is 1.06. The van der Waals surface area contributed by atoms with Crippen LogP contribution >= 0.6 is 0 Å². The molecule has 0 atom stereocenters. The molecule has 3 N–H and O–H groups in total. The van der Waals surface area contributed by atoms with Crippen molar-refractivity contribution < 1.29 is 24.9 Å². The van der Waals surface area contributed by atoms with Crippen LogP contribution in [0.3, 0.4) is 0 Å². The third kappa shape index (κ3) is 25.3. The quantitative estimate of drug-likeness (QED) is 0.678. The van der Waals surface area contributed by atoms with Crippen LogP contribution in [0.5, 0.6) is 0 Å². The van der Waals surface area contributed by atoms with Crippen LogP contribution in [-0.4, -0.2) is 34.4 Å². The summed E-state index contributed by atoms with van der Waals surface area (Å²) in [5.74, 6) is -1.87. The number of aliphatic hydroxyl groups is 1. The minimum Gasteiger partial charge on any atom is -0.478 e. The van der Waals surface area contributed by atoms with E-state index in [0.29, 0.717) is 0 Å². The molecule has 0 heterocycles. The SMILES string of the molecule is C1CCCCC1.C=C(C)C(=O)O.C=C(C)C(=O)O.CO. The number of hydrogen-bond donors (Lipinski definition) is 3. The first kappa shape index (κ1) is 23.5. The van der Waals surface area contributed by atoms with Gasteiger partial charge in [-0.1, -0.05) is 51.7 Å². The fraction of sp³-hybridized carbons (Fsp3) is 0.600. The Labute approximate surface area is 121 Å². The molecular formula is C15H28O5. The average molecular weight is 288 g/mol. The van der Waals surface area contributed by atoms with Crippen molar-refractivity contribution in [3.05, 3.63) is 24.3 Å². The maximum atomic E-state index is 9.60. The van der Waals surface area contributed by atoms with Gasteiger partial charge >= 0.3 is 11.9 Å². The largest absolute Gasteiger partial charge is 0.478 e. The topological polar surface area (TPSA) is 94.8 Å². The van der Waals surface area contributed by atoms with Gasteiger partial charge in [-0.05, 0) is 13.8 Å². The van der Waals surface area contributed by atoms with E-state index in [4.69, 9.17) is 15.3 Å². The summed E-state index contributed by atoms with van der Waals surface area (Å²) in [5.41, 5.74) is 0.352. The zero-order chi connectivity index (χ0) is 16.6. The second-order valence-electron chi connectivity index (χ2n) is 4.29. The smallest absolute Gasteiger partial charge is 0.330 e. The standard InChI is InChI=1S/C6H12.2C4H6O2.CH4O/c1-2-4-6-5-3-1;2*1-3(2)4(5)6;1-2/h1-6H2;2*1H2,2H3,(H,5,6);2H,1H3. The molecule has 0 unspecified atom stereocenters. The van der Waals surface area contributed by atoms with Crippen LogP contribution in [-0.2, 0) is 9.59 Å². The Morgan fingerprint density at radius 3 is 0.850 bits per heavy atom. The highest BCUT2D eigenvalue weighted by atomic mass is 16.4. The molecule has 1 saturated carbocycles. The predicted molar refractivity (Wildman–Crippen MR) is 80.7 cm³/mol. The molecule has 0 bridgehead atoms. The second-order valence-corrected chi connectivity index (χ2v) is 4.29. The number of hydrogen-bond acceptors (Lipinski definition) is 3. The number of rotatable bonds is 2. The van der Waals surface area contributed by atoms with Crippen LogP contribution in [0, 0.1) is 0 Å². The lowest BCUT2D eigenvalue weighted by Crippen LogP contribution is -1.92. The van der Waals surface area contributed by atoms with Crippen molar-refractivity contribution in [2.75, 3.05) is 7.11 Å². The first-order valence-electron chi connectivity index (χ1n) is 6.51. The third-order valence-electron chi connectivity index (χ3n) is 2.23. The lowest BCUT2D eigenvalue weighted by atomic mass is 10.0.